The topological polar surface area (TPSA) is 76.1 Å². The number of carbonyl (C=O) groups excluding carboxylic acids is 1. The Labute approximate surface area is 198 Å². The fourth-order valence-electron chi connectivity index (χ4n) is 2.84. The summed E-state index contributed by atoms with van der Waals surface area (Å²) in [6.07, 6.45) is 0. The Morgan fingerprint density at radius 3 is 2.21 bits per heavy atom. The fourth-order valence-corrected chi connectivity index (χ4v) is 3.94. The number of rotatable bonds is 10. The second-order valence-electron chi connectivity index (χ2n) is 9.53. The van der Waals surface area contributed by atoms with E-state index in [1.807, 2.05) is 37.3 Å². The number of carbonyl (C=O) groups is 1. The van der Waals surface area contributed by atoms with Crippen molar-refractivity contribution < 1.29 is 28.2 Å². The van der Waals surface area contributed by atoms with Crippen molar-refractivity contribution in [3.05, 3.63) is 47.3 Å². The molecule has 0 aliphatic rings. The van der Waals surface area contributed by atoms with Crippen LogP contribution in [0.15, 0.2) is 30.3 Å². The molecule has 0 N–H and O–H groups in total. The van der Waals surface area contributed by atoms with Gasteiger partial charge in [-0.25, -0.2) is 9.78 Å². The molecule has 1 heterocycles. The average Bonchev–Trinajstić information content (AvgIpc) is 2.79. The Balaban J connectivity index is 2.33. The number of methoxy groups -OCH3 is 3. The molecular formula is C25H37NO6Si. The highest BCUT2D eigenvalue weighted by Gasteiger charge is 2.37. The standard InChI is InChI=1S/C25H37NO6Si/c1-17(15-32-33(8,9)25(2,3)4)20-14-21(23(29-6)22(26-20)24(27)30-7)31-16-18-10-12-19(28-5)13-11-18/h10-14,17H,15-16H2,1-9H3. The van der Waals surface area contributed by atoms with Gasteiger partial charge in [0.15, 0.2) is 25.5 Å². The number of nitrogens with zero attached hydrogens (tertiary/aromatic N) is 1. The third-order valence-corrected chi connectivity index (χ3v) is 10.6. The summed E-state index contributed by atoms with van der Waals surface area (Å²) in [7, 11) is 2.49. The van der Waals surface area contributed by atoms with Crippen molar-refractivity contribution >= 4 is 14.3 Å². The van der Waals surface area contributed by atoms with E-state index < -0.39 is 14.3 Å². The molecule has 0 spiro atoms. The molecule has 8 heteroatoms. The smallest absolute Gasteiger partial charge is 0.360 e. The highest BCUT2D eigenvalue weighted by atomic mass is 28.4. The Morgan fingerprint density at radius 2 is 1.70 bits per heavy atom. The first-order valence-corrected chi connectivity index (χ1v) is 13.9. The van der Waals surface area contributed by atoms with Crippen molar-refractivity contribution in [2.45, 2.75) is 58.4 Å². The summed E-state index contributed by atoms with van der Waals surface area (Å²) >= 11 is 0. The van der Waals surface area contributed by atoms with Gasteiger partial charge in [-0.2, -0.15) is 0 Å². The lowest BCUT2D eigenvalue weighted by atomic mass is 10.1. The minimum Gasteiger partial charge on any atom is -0.497 e. The number of esters is 1. The number of pyridine rings is 1. The number of hydrogen-bond donors (Lipinski definition) is 0. The van der Waals surface area contributed by atoms with E-state index in [-0.39, 0.29) is 22.4 Å². The quantitative estimate of drug-likeness (QED) is 0.327. The van der Waals surface area contributed by atoms with Crippen molar-refractivity contribution in [3.63, 3.8) is 0 Å². The molecule has 7 nitrogen and oxygen atoms in total. The van der Waals surface area contributed by atoms with Crippen LogP contribution in [-0.2, 0) is 15.8 Å². The minimum atomic E-state index is -1.93. The third kappa shape index (κ3) is 6.71. The predicted octanol–water partition coefficient (Wildman–Crippen LogP) is 5.59. The van der Waals surface area contributed by atoms with Crippen molar-refractivity contribution in [1.29, 1.82) is 0 Å². The number of hydrogen-bond acceptors (Lipinski definition) is 7. The van der Waals surface area contributed by atoms with Crippen molar-refractivity contribution in [1.82, 2.24) is 4.98 Å². The highest BCUT2D eigenvalue weighted by Crippen LogP contribution is 2.38. The molecular weight excluding hydrogens is 438 g/mol. The third-order valence-electron chi connectivity index (χ3n) is 6.10. The predicted molar refractivity (Wildman–Crippen MR) is 131 cm³/mol. The summed E-state index contributed by atoms with van der Waals surface area (Å²) in [5.74, 6) is 0.804. The molecule has 2 aromatic rings. The largest absolute Gasteiger partial charge is 0.497 e. The second kappa shape index (κ2) is 11.0. The molecule has 0 aliphatic carbocycles. The molecule has 2 rings (SSSR count). The van der Waals surface area contributed by atoms with Crippen LogP contribution in [0.1, 0.15) is 55.4 Å². The maximum atomic E-state index is 12.5. The minimum absolute atomic E-state index is 0.0585. The zero-order valence-electron chi connectivity index (χ0n) is 21.3. The molecule has 0 radical (unpaired) electrons. The Bertz CT molecular complexity index is 937. The van der Waals surface area contributed by atoms with E-state index in [0.717, 1.165) is 11.3 Å². The lowest BCUT2D eigenvalue weighted by Crippen LogP contribution is -2.41. The zero-order chi connectivity index (χ0) is 24.8. The summed E-state index contributed by atoms with van der Waals surface area (Å²) in [6.45, 7) is 13.8. The van der Waals surface area contributed by atoms with E-state index in [2.05, 4.69) is 38.8 Å². The van der Waals surface area contributed by atoms with Gasteiger partial charge in [-0.3, -0.25) is 0 Å². The molecule has 1 atom stereocenters. The van der Waals surface area contributed by atoms with E-state index in [4.69, 9.17) is 23.4 Å². The van der Waals surface area contributed by atoms with Crippen LogP contribution in [0.25, 0.3) is 0 Å². The molecule has 0 saturated carbocycles. The summed E-state index contributed by atoms with van der Waals surface area (Å²) in [6, 6.07) is 9.39. The number of aromatic nitrogens is 1. The molecule has 1 aromatic carbocycles. The van der Waals surface area contributed by atoms with E-state index >= 15 is 0 Å². The molecule has 0 bridgehead atoms. The van der Waals surface area contributed by atoms with Gasteiger partial charge in [0.2, 0.25) is 0 Å². The van der Waals surface area contributed by atoms with Crippen LogP contribution in [0.3, 0.4) is 0 Å². The normalized spacial score (nSPS) is 12.8. The second-order valence-corrected chi connectivity index (χ2v) is 14.3. The van der Waals surface area contributed by atoms with Crippen LogP contribution in [0, 0.1) is 0 Å². The lowest BCUT2D eigenvalue weighted by molar-refractivity contribution is 0.0588. The summed E-state index contributed by atoms with van der Waals surface area (Å²) in [5.41, 5.74) is 1.71. The first-order valence-electron chi connectivity index (χ1n) is 11.0. The van der Waals surface area contributed by atoms with Crippen LogP contribution >= 0.6 is 0 Å². The molecule has 182 valence electrons. The maximum absolute atomic E-state index is 12.5. The Hall–Kier alpha value is -2.58. The van der Waals surface area contributed by atoms with E-state index in [1.54, 1.807) is 7.11 Å². The van der Waals surface area contributed by atoms with Crippen LogP contribution in [0.4, 0.5) is 0 Å². The van der Waals surface area contributed by atoms with E-state index in [9.17, 15) is 4.79 Å². The van der Waals surface area contributed by atoms with Crippen LogP contribution in [0.5, 0.6) is 17.2 Å². The number of ether oxygens (including phenoxy) is 4. The van der Waals surface area contributed by atoms with Crippen molar-refractivity contribution in [3.8, 4) is 17.2 Å². The fraction of sp³-hybridized carbons (Fsp3) is 0.520. The summed E-state index contributed by atoms with van der Waals surface area (Å²) in [5, 5.41) is 0.101. The first-order chi connectivity index (χ1) is 15.4. The van der Waals surface area contributed by atoms with E-state index in [1.165, 1.54) is 14.2 Å². The average molecular weight is 476 g/mol. The molecule has 33 heavy (non-hydrogen) atoms. The van der Waals surface area contributed by atoms with Crippen molar-refractivity contribution in [2.24, 2.45) is 0 Å². The molecule has 0 aliphatic heterocycles. The molecule has 0 amide bonds. The van der Waals surface area contributed by atoms with Gasteiger partial charge in [-0.05, 0) is 35.8 Å². The highest BCUT2D eigenvalue weighted by molar-refractivity contribution is 6.74. The van der Waals surface area contributed by atoms with E-state index in [0.29, 0.717) is 24.7 Å². The molecule has 0 fully saturated rings. The zero-order valence-corrected chi connectivity index (χ0v) is 22.3. The van der Waals surface area contributed by atoms with Gasteiger partial charge in [-0.15, -0.1) is 0 Å². The van der Waals surface area contributed by atoms with Gasteiger partial charge in [0, 0.05) is 18.6 Å². The van der Waals surface area contributed by atoms with Crippen molar-refractivity contribution in [2.75, 3.05) is 27.9 Å². The van der Waals surface area contributed by atoms with Gasteiger partial charge in [0.1, 0.15) is 12.4 Å². The molecule has 1 aromatic heterocycles. The van der Waals surface area contributed by atoms with Gasteiger partial charge in [0.05, 0.1) is 27.0 Å². The Morgan fingerprint density at radius 1 is 1.06 bits per heavy atom. The van der Waals surface area contributed by atoms with Gasteiger partial charge in [-0.1, -0.05) is 39.8 Å². The van der Waals surface area contributed by atoms with Gasteiger partial charge < -0.3 is 23.4 Å². The van der Waals surface area contributed by atoms with Crippen LogP contribution in [-0.4, -0.2) is 47.2 Å². The van der Waals surface area contributed by atoms with Gasteiger partial charge >= 0.3 is 5.97 Å². The summed E-state index contributed by atoms with van der Waals surface area (Å²) < 4.78 is 28.1. The molecule has 0 saturated heterocycles. The first kappa shape index (κ1) is 26.7. The van der Waals surface area contributed by atoms with Crippen LogP contribution < -0.4 is 14.2 Å². The monoisotopic (exact) mass is 475 g/mol. The summed E-state index contributed by atoms with van der Waals surface area (Å²) in [4.78, 5) is 17.0. The number of benzene rings is 1. The van der Waals surface area contributed by atoms with Gasteiger partial charge in [0.25, 0.3) is 0 Å². The SMILES string of the molecule is COC(=O)c1nc(C(C)CO[Si](C)(C)C(C)(C)C)cc(OCc2ccc(OC)cc2)c1OC. The maximum Gasteiger partial charge on any atom is 0.360 e. The Kier molecular flexibility index (Phi) is 8.91. The lowest BCUT2D eigenvalue weighted by Gasteiger charge is -2.37. The van der Waals surface area contributed by atoms with Crippen LogP contribution in [0.2, 0.25) is 18.1 Å². The molecule has 1 unspecified atom stereocenters.